The van der Waals surface area contributed by atoms with E-state index in [0.717, 1.165) is 17.9 Å². The first-order valence-electron chi connectivity index (χ1n) is 5.39. The molecule has 0 aliphatic carbocycles. The molecule has 0 aliphatic heterocycles. The highest BCUT2D eigenvalue weighted by Crippen LogP contribution is 2.18. The number of aromatic nitrogens is 3. The van der Waals surface area contributed by atoms with Crippen LogP contribution in [0.3, 0.4) is 0 Å². The van der Waals surface area contributed by atoms with Gasteiger partial charge in [-0.25, -0.2) is 0 Å². The summed E-state index contributed by atoms with van der Waals surface area (Å²) >= 11 is 0. The van der Waals surface area contributed by atoms with Crippen molar-refractivity contribution in [2.45, 2.75) is 20.3 Å². The maximum Gasteiger partial charge on any atom is 0.138 e. The van der Waals surface area contributed by atoms with Crippen LogP contribution in [0.2, 0.25) is 0 Å². The second-order valence-electron chi connectivity index (χ2n) is 3.87. The third-order valence-corrected chi connectivity index (χ3v) is 2.82. The van der Waals surface area contributed by atoms with Gasteiger partial charge in [0.2, 0.25) is 0 Å². The van der Waals surface area contributed by atoms with Crippen LogP contribution >= 0.6 is 0 Å². The highest BCUT2D eigenvalue weighted by Gasteiger charge is 2.08. The SMILES string of the molecule is Cc1cccc(-n2cnnc2CCN)c1C. The summed E-state index contributed by atoms with van der Waals surface area (Å²) in [7, 11) is 0. The lowest BCUT2D eigenvalue weighted by Gasteiger charge is -2.10. The molecule has 2 rings (SSSR count). The fraction of sp³-hybridized carbons (Fsp3) is 0.333. The predicted molar refractivity (Wildman–Crippen MR) is 63.6 cm³/mol. The van der Waals surface area contributed by atoms with Gasteiger partial charge >= 0.3 is 0 Å². The van der Waals surface area contributed by atoms with Gasteiger partial charge in [0, 0.05) is 6.42 Å². The zero-order chi connectivity index (χ0) is 11.5. The number of nitrogens with zero attached hydrogens (tertiary/aromatic N) is 3. The Labute approximate surface area is 95.1 Å². The lowest BCUT2D eigenvalue weighted by molar-refractivity contribution is 0.827. The minimum atomic E-state index is 0.587. The number of rotatable bonds is 3. The summed E-state index contributed by atoms with van der Waals surface area (Å²) in [6.45, 7) is 4.80. The van der Waals surface area contributed by atoms with Crippen LogP contribution in [0.5, 0.6) is 0 Å². The molecule has 1 aromatic carbocycles. The van der Waals surface area contributed by atoms with Crippen LogP contribution in [0.25, 0.3) is 5.69 Å². The third-order valence-electron chi connectivity index (χ3n) is 2.82. The van der Waals surface area contributed by atoms with Crippen LogP contribution in [0.1, 0.15) is 17.0 Å². The van der Waals surface area contributed by atoms with Gasteiger partial charge in [-0.15, -0.1) is 10.2 Å². The highest BCUT2D eigenvalue weighted by molar-refractivity contribution is 5.45. The molecule has 0 saturated carbocycles. The fourth-order valence-electron chi connectivity index (χ4n) is 1.76. The molecule has 0 unspecified atom stereocenters. The van der Waals surface area contributed by atoms with E-state index in [-0.39, 0.29) is 0 Å². The van der Waals surface area contributed by atoms with Gasteiger partial charge in [0.05, 0.1) is 5.69 Å². The minimum absolute atomic E-state index is 0.587. The van der Waals surface area contributed by atoms with Crippen molar-refractivity contribution >= 4 is 0 Å². The zero-order valence-electron chi connectivity index (χ0n) is 9.64. The van der Waals surface area contributed by atoms with E-state index in [1.807, 2.05) is 10.6 Å². The lowest BCUT2D eigenvalue weighted by atomic mass is 10.1. The number of aryl methyl sites for hydroxylation is 1. The molecule has 0 amide bonds. The molecule has 1 heterocycles. The molecular formula is C12H16N4. The number of hydrogen-bond donors (Lipinski definition) is 1. The van der Waals surface area contributed by atoms with Crippen molar-refractivity contribution in [3.05, 3.63) is 41.5 Å². The van der Waals surface area contributed by atoms with Crippen LogP contribution in [0.15, 0.2) is 24.5 Å². The molecule has 0 aliphatic rings. The van der Waals surface area contributed by atoms with Crippen LogP contribution in [0, 0.1) is 13.8 Å². The van der Waals surface area contributed by atoms with Gasteiger partial charge in [0.25, 0.3) is 0 Å². The first kappa shape index (κ1) is 10.8. The molecule has 0 spiro atoms. The highest BCUT2D eigenvalue weighted by atomic mass is 15.3. The molecule has 0 atom stereocenters. The van der Waals surface area contributed by atoms with Gasteiger partial charge < -0.3 is 5.73 Å². The Balaban J connectivity index is 2.50. The smallest absolute Gasteiger partial charge is 0.138 e. The van der Waals surface area contributed by atoms with Gasteiger partial charge in [0.15, 0.2) is 0 Å². The minimum Gasteiger partial charge on any atom is -0.330 e. The fourth-order valence-corrected chi connectivity index (χ4v) is 1.76. The quantitative estimate of drug-likeness (QED) is 0.843. The molecule has 2 aromatic rings. The van der Waals surface area contributed by atoms with E-state index in [0.29, 0.717) is 6.54 Å². The summed E-state index contributed by atoms with van der Waals surface area (Å²) < 4.78 is 2.01. The van der Waals surface area contributed by atoms with Crippen molar-refractivity contribution < 1.29 is 0 Å². The summed E-state index contributed by atoms with van der Waals surface area (Å²) in [6.07, 6.45) is 2.49. The van der Waals surface area contributed by atoms with E-state index in [2.05, 4.69) is 36.2 Å². The normalized spacial score (nSPS) is 10.7. The monoisotopic (exact) mass is 216 g/mol. The second-order valence-corrected chi connectivity index (χ2v) is 3.87. The van der Waals surface area contributed by atoms with E-state index >= 15 is 0 Å². The average Bonchev–Trinajstić information content (AvgIpc) is 2.71. The Morgan fingerprint density at radius 3 is 2.88 bits per heavy atom. The summed E-state index contributed by atoms with van der Waals surface area (Å²) in [5, 5.41) is 8.03. The molecule has 0 bridgehead atoms. The molecule has 4 nitrogen and oxygen atoms in total. The number of nitrogens with two attached hydrogens (primary N) is 1. The largest absolute Gasteiger partial charge is 0.330 e. The van der Waals surface area contributed by atoms with Crippen LogP contribution in [-0.2, 0) is 6.42 Å². The van der Waals surface area contributed by atoms with E-state index in [1.165, 1.54) is 11.1 Å². The topological polar surface area (TPSA) is 56.7 Å². The van der Waals surface area contributed by atoms with Crippen LogP contribution in [-0.4, -0.2) is 21.3 Å². The molecular weight excluding hydrogens is 200 g/mol. The van der Waals surface area contributed by atoms with Crippen molar-refractivity contribution in [1.82, 2.24) is 14.8 Å². The molecule has 2 N–H and O–H groups in total. The van der Waals surface area contributed by atoms with Crippen molar-refractivity contribution in [3.8, 4) is 5.69 Å². The van der Waals surface area contributed by atoms with Gasteiger partial charge in [-0.1, -0.05) is 12.1 Å². The van der Waals surface area contributed by atoms with Crippen molar-refractivity contribution in [1.29, 1.82) is 0 Å². The second kappa shape index (κ2) is 4.45. The number of hydrogen-bond acceptors (Lipinski definition) is 3. The first-order valence-corrected chi connectivity index (χ1v) is 5.39. The van der Waals surface area contributed by atoms with Crippen molar-refractivity contribution in [2.75, 3.05) is 6.54 Å². The van der Waals surface area contributed by atoms with Crippen molar-refractivity contribution in [3.63, 3.8) is 0 Å². The Morgan fingerprint density at radius 1 is 1.31 bits per heavy atom. The molecule has 0 fully saturated rings. The molecule has 0 saturated heterocycles. The van der Waals surface area contributed by atoms with Crippen LogP contribution in [0.4, 0.5) is 0 Å². The Kier molecular flexibility index (Phi) is 3.01. The predicted octanol–water partition coefficient (Wildman–Crippen LogP) is 1.39. The summed E-state index contributed by atoms with van der Waals surface area (Å²) in [6, 6.07) is 6.22. The summed E-state index contributed by atoms with van der Waals surface area (Å²) in [5.41, 5.74) is 9.21. The average molecular weight is 216 g/mol. The first-order chi connectivity index (χ1) is 7.74. The van der Waals surface area contributed by atoms with E-state index in [4.69, 9.17) is 5.73 Å². The molecule has 1 aromatic heterocycles. The van der Waals surface area contributed by atoms with Gasteiger partial charge in [-0.3, -0.25) is 4.57 Å². The standard InChI is InChI=1S/C12H16N4/c1-9-4-3-5-11(10(9)2)16-8-14-15-12(16)6-7-13/h3-5,8H,6-7,13H2,1-2H3. The van der Waals surface area contributed by atoms with Crippen LogP contribution < -0.4 is 5.73 Å². The number of benzene rings is 1. The Hall–Kier alpha value is -1.68. The summed E-state index contributed by atoms with van der Waals surface area (Å²) in [4.78, 5) is 0. The molecule has 16 heavy (non-hydrogen) atoms. The van der Waals surface area contributed by atoms with Crippen molar-refractivity contribution in [2.24, 2.45) is 5.73 Å². The van der Waals surface area contributed by atoms with Gasteiger partial charge in [-0.05, 0) is 37.6 Å². The third kappa shape index (κ3) is 1.84. The maximum absolute atomic E-state index is 5.55. The van der Waals surface area contributed by atoms with Gasteiger partial charge in [0.1, 0.15) is 12.2 Å². The molecule has 0 radical (unpaired) electrons. The van der Waals surface area contributed by atoms with E-state index < -0.39 is 0 Å². The van der Waals surface area contributed by atoms with E-state index in [1.54, 1.807) is 6.33 Å². The summed E-state index contributed by atoms with van der Waals surface area (Å²) in [5.74, 6) is 0.913. The lowest BCUT2D eigenvalue weighted by Crippen LogP contribution is -2.09. The zero-order valence-corrected chi connectivity index (χ0v) is 9.64. The Morgan fingerprint density at radius 2 is 2.12 bits per heavy atom. The maximum atomic E-state index is 5.55. The molecule has 4 heteroatoms. The van der Waals surface area contributed by atoms with E-state index in [9.17, 15) is 0 Å². The van der Waals surface area contributed by atoms with Gasteiger partial charge in [-0.2, -0.15) is 0 Å². The molecule has 84 valence electrons. The Bertz CT molecular complexity index is 488.